The first-order chi connectivity index (χ1) is 13.7. The molecule has 6 nitrogen and oxygen atoms in total. The molecule has 4 aromatic rings. The van der Waals surface area contributed by atoms with E-state index in [1.165, 1.54) is 24.3 Å². The quantitative estimate of drug-likeness (QED) is 0.536. The summed E-state index contributed by atoms with van der Waals surface area (Å²) in [6.07, 6.45) is 0. The van der Waals surface area contributed by atoms with Gasteiger partial charge in [-0.2, -0.15) is 0 Å². The van der Waals surface area contributed by atoms with E-state index in [-0.39, 0.29) is 17.7 Å². The number of amides is 1. The molecule has 28 heavy (non-hydrogen) atoms. The minimum Gasteiger partial charge on any atom is -0.457 e. The number of nitrogens with zero attached hydrogens (tertiary/aromatic N) is 2. The number of anilines is 1. The fraction of sp³-hybridized carbons (Fsp3) is 0. The summed E-state index contributed by atoms with van der Waals surface area (Å²) in [7, 11) is 0. The lowest BCUT2D eigenvalue weighted by Gasteiger charge is -2.07. The van der Waals surface area contributed by atoms with Gasteiger partial charge >= 0.3 is 6.01 Å². The van der Waals surface area contributed by atoms with E-state index < -0.39 is 5.91 Å². The van der Waals surface area contributed by atoms with Gasteiger partial charge in [0.15, 0.2) is 0 Å². The lowest BCUT2D eigenvalue weighted by atomic mass is 10.2. The van der Waals surface area contributed by atoms with Gasteiger partial charge in [0.25, 0.3) is 5.91 Å². The zero-order valence-electron chi connectivity index (χ0n) is 14.5. The maximum Gasteiger partial charge on any atom is 0.322 e. The van der Waals surface area contributed by atoms with Crippen molar-refractivity contribution in [3.05, 3.63) is 90.2 Å². The Labute approximate surface area is 159 Å². The molecule has 1 N–H and O–H groups in total. The second-order valence-corrected chi connectivity index (χ2v) is 5.82. The summed E-state index contributed by atoms with van der Waals surface area (Å²) in [6, 6.07) is 21.5. The van der Waals surface area contributed by atoms with Crippen molar-refractivity contribution in [1.82, 2.24) is 10.2 Å². The molecule has 3 aromatic carbocycles. The molecule has 0 spiro atoms. The molecule has 1 heterocycles. The number of ether oxygens (including phenoxy) is 1. The average molecular weight is 375 g/mol. The number of carbonyl (C=O) groups excluding carboxylic acids is 1. The van der Waals surface area contributed by atoms with Gasteiger partial charge in [-0.15, -0.1) is 5.10 Å². The Morgan fingerprint density at radius 2 is 1.64 bits per heavy atom. The Bertz CT molecular complexity index is 1100. The van der Waals surface area contributed by atoms with Crippen molar-refractivity contribution in [1.29, 1.82) is 0 Å². The molecule has 0 unspecified atom stereocenters. The van der Waals surface area contributed by atoms with Crippen LogP contribution in [-0.4, -0.2) is 16.1 Å². The molecule has 1 aromatic heterocycles. The van der Waals surface area contributed by atoms with E-state index in [9.17, 15) is 9.18 Å². The minimum atomic E-state index is -0.423. The van der Waals surface area contributed by atoms with Crippen LogP contribution in [0.3, 0.4) is 0 Å². The van der Waals surface area contributed by atoms with Crippen molar-refractivity contribution in [3.63, 3.8) is 0 Å². The molecule has 7 heteroatoms. The first-order valence-corrected chi connectivity index (χ1v) is 8.41. The highest BCUT2D eigenvalue weighted by Crippen LogP contribution is 2.23. The van der Waals surface area contributed by atoms with Gasteiger partial charge in [-0.3, -0.25) is 10.1 Å². The predicted octanol–water partition coefficient (Wildman–Crippen LogP) is 4.92. The van der Waals surface area contributed by atoms with Crippen molar-refractivity contribution in [2.75, 3.05) is 5.32 Å². The van der Waals surface area contributed by atoms with Gasteiger partial charge in [-0.1, -0.05) is 29.4 Å². The van der Waals surface area contributed by atoms with Crippen LogP contribution in [0.2, 0.25) is 0 Å². The molecule has 0 aliphatic heterocycles. The lowest BCUT2D eigenvalue weighted by Crippen LogP contribution is -2.12. The van der Waals surface area contributed by atoms with Crippen LogP contribution < -0.4 is 10.1 Å². The second kappa shape index (κ2) is 7.71. The van der Waals surface area contributed by atoms with Crippen LogP contribution in [0, 0.1) is 5.82 Å². The summed E-state index contributed by atoms with van der Waals surface area (Å²) in [5.41, 5.74) is 0.919. The Morgan fingerprint density at radius 1 is 0.893 bits per heavy atom. The Hall–Kier alpha value is -4.00. The van der Waals surface area contributed by atoms with Crippen molar-refractivity contribution >= 4 is 11.9 Å². The molecular formula is C21H14FN3O3. The van der Waals surface area contributed by atoms with E-state index in [1.807, 2.05) is 30.3 Å². The van der Waals surface area contributed by atoms with Gasteiger partial charge in [0, 0.05) is 11.1 Å². The number of rotatable bonds is 5. The fourth-order valence-electron chi connectivity index (χ4n) is 2.48. The standard InChI is InChI=1S/C21H14FN3O3/c22-16-11-9-14(10-12-16)20-24-25-21(28-20)23-19(26)15-5-4-8-18(13-15)27-17-6-2-1-3-7-17/h1-13H,(H,23,25,26). The fourth-order valence-corrected chi connectivity index (χ4v) is 2.48. The maximum absolute atomic E-state index is 13.0. The predicted molar refractivity (Wildman–Crippen MR) is 101 cm³/mol. The summed E-state index contributed by atoms with van der Waals surface area (Å²) in [6.45, 7) is 0. The molecule has 1 amide bonds. The molecule has 0 saturated carbocycles. The van der Waals surface area contributed by atoms with Crippen LogP contribution in [0.15, 0.2) is 83.3 Å². The first-order valence-electron chi connectivity index (χ1n) is 8.41. The number of carbonyl (C=O) groups is 1. The number of benzene rings is 3. The molecule has 0 aliphatic carbocycles. The van der Waals surface area contributed by atoms with Crippen LogP contribution in [0.1, 0.15) is 10.4 Å². The van der Waals surface area contributed by atoms with E-state index in [0.29, 0.717) is 22.6 Å². The minimum absolute atomic E-state index is 0.0568. The number of para-hydroxylation sites is 1. The third-order valence-electron chi connectivity index (χ3n) is 3.81. The smallest absolute Gasteiger partial charge is 0.322 e. The van der Waals surface area contributed by atoms with E-state index >= 15 is 0 Å². The summed E-state index contributed by atoms with van der Waals surface area (Å²) in [4.78, 5) is 12.5. The second-order valence-electron chi connectivity index (χ2n) is 5.82. The van der Waals surface area contributed by atoms with Gasteiger partial charge in [0.1, 0.15) is 17.3 Å². The van der Waals surface area contributed by atoms with Crippen molar-refractivity contribution in [2.24, 2.45) is 0 Å². The molecule has 0 aliphatic rings. The van der Waals surface area contributed by atoms with Gasteiger partial charge in [0.2, 0.25) is 5.89 Å². The third-order valence-corrected chi connectivity index (χ3v) is 3.81. The van der Waals surface area contributed by atoms with E-state index in [4.69, 9.17) is 9.15 Å². The molecule has 4 rings (SSSR count). The first kappa shape index (κ1) is 17.4. The lowest BCUT2D eigenvalue weighted by molar-refractivity contribution is 0.102. The van der Waals surface area contributed by atoms with Crippen LogP contribution in [0.5, 0.6) is 11.5 Å². The number of nitrogens with one attached hydrogen (secondary N) is 1. The zero-order valence-corrected chi connectivity index (χ0v) is 14.5. The van der Waals surface area contributed by atoms with E-state index in [1.54, 1.807) is 24.3 Å². The number of aromatic nitrogens is 2. The van der Waals surface area contributed by atoms with Crippen LogP contribution >= 0.6 is 0 Å². The van der Waals surface area contributed by atoms with Crippen LogP contribution in [0.25, 0.3) is 11.5 Å². The number of hydrogen-bond acceptors (Lipinski definition) is 5. The molecular weight excluding hydrogens is 361 g/mol. The van der Waals surface area contributed by atoms with E-state index in [0.717, 1.165) is 0 Å². The maximum atomic E-state index is 13.0. The molecule has 0 radical (unpaired) electrons. The zero-order chi connectivity index (χ0) is 19.3. The van der Waals surface area contributed by atoms with Crippen molar-refractivity contribution in [2.45, 2.75) is 0 Å². The van der Waals surface area contributed by atoms with Gasteiger partial charge in [-0.25, -0.2) is 4.39 Å². The van der Waals surface area contributed by atoms with Crippen LogP contribution in [-0.2, 0) is 0 Å². The summed E-state index contributed by atoms with van der Waals surface area (Å²) >= 11 is 0. The van der Waals surface area contributed by atoms with E-state index in [2.05, 4.69) is 15.5 Å². The highest BCUT2D eigenvalue weighted by Gasteiger charge is 2.13. The summed E-state index contributed by atoms with van der Waals surface area (Å²) in [5, 5.41) is 10.2. The van der Waals surface area contributed by atoms with Crippen molar-refractivity contribution in [3.8, 4) is 23.0 Å². The normalized spacial score (nSPS) is 10.5. The number of halogens is 1. The highest BCUT2D eigenvalue weighted by molar-refractivity contribution is 6.03. The Balaban J connectivity index is 1.47. The monoisotopic (exact) mass is 375 g/mol. The average Bonchev–Trinajstić information content (AvgIpc) is 3.18. The number of hydrogen-bond donors (Lipinski definition) is 1. The molecule has 138 valence electrons. The van der Waals surface area contributed by atoms with Gasteiger partial charge in [-0.05, 0) is 54.6 Å². The molecule has 0 atom stereocenters. The van der Waals surface area contributed by atoms with Crippen molar-refractivity contribution < 1.29 is 18.3 Å². The molecule has 0 bridgehead atoms. The van der Waals surface area contributed by atoms with Gasteiger partial charge < -0.3 is 9.15 Å². The SMILES string of the molecule is O=C(Nc1nnc(-c2ccc(F)cc2)o1)c1cccc(Oc2ccccc2)c1. The molecule has 0 fully saturated rings. The Kier molecular flexibility index (Phi) is 4.79. The van der Waals surface area contributed by atoms with Crippen LogP contribution in [0.4, 0.5) is 10.4 Å². The Morgan fingerprint density at radius 3 is 2.43 bits per heavy atom. The largest absolute Gasteiger partial charge is 0.457 e. The summed E-state index contributed by atoms with van der Waals surface area (Å²) in [5.74, 6) is 0.580. The third kappa shape index (κ3) is 4.04. The molecule has 0 saturated heterocycles. The topological polar surface area (TPSA) is 77.3 Å². The summed E-state index contributed by atoms with van der Waals surface area (Å²) < 4.78 is 24.2. The highest BCUT2D eigenvalue weighted by atomic mass is 19.1. The van der Waals surface area contributed by atoms with Gasteiger partial charge in [0.05, 0.1) is 0 Å².